The minimum Gasteiger partial charge on any atom is -0.356 e. The zero-order valence-corrected chi connectivity index (χ0v) is 9.02. The van der Waals surface area contributed by atoms with E-state index in [-0.39, 0.29) is 24.3 Å². The quantitative estimate of drug-likeness (QED) is 0.607. The molecule has 0 saturated carbocycles. The Morgan fingerprint density at radius 2 is 1.79 bits per heavy atom. The molecule has 0 spiro atoms. The summed E-state index contributed by atoms with van der Waals surface area (Å²) in [6.07, 6.45) is 0.263. The zero-order valence-electron chi connectivity index (χ0n) is 9.02. The lowest BCUT2D eigenvalue weighted by atomic mass is 9.97. The Kier molecular flexibility index (Phi) is 4.97. The highest BCUT2D eigenvalue weighted by Gasteiger charge is 2.11. The van der Waals surface area contributed by atoms with Crippen molar-refractivity contribution in [1.29, 1.82) is 0 Å². The van der Waals surface area contributed by atoms with E-state index in [9.17, 15) is 9.59 Å². The Morgan fingerprint density at radius 3 is 2.21 bits per heavy atom. The van der Waals surface area contributed by atoms with Crippen LogP contribution in [0.3, 0.4) is 0 Å². The number of amides is 3. The van der Waals surface area contributed by atoms with Crippen LogP contribution in [0.5, 0.6) is 0 Å². The zero-order chi connectivity index (χ0) is 11.2. The van der Waals surface area contributed by atoms with Gasteiger partial charge in [-0.25, -0.2) is 4.79 Å². The van der Waals surface area contributed by atoms with E-state index < -0.39 is 6.03 Å². The summed E-state index contributed by atoms with van der Waals surface area (Å²) < 4.78 is 0. The van der Waals surface area contributed by atoms with E-state index in [1.807, 2.05) is 20.8 Å². The average molecular weight is 201 g/mol. The van der Waals surface area contributed by atoms with E-state index in [4.69, 9.17) is 5.73 Å². The smallest absolute Gasteiger partial charge is 0.312 e. The lowest BCUT2D eigenvalue weighted by molar-refractivity contribution is -0.121. The molecular weight excluding hydrogens is 182 g/mol. The predicted molar refractivity (Wildman–Crippen MR) is 54.7 cm³/mol. The molecule has 0 bridgehead atoms. The van der Waals surface area contributed by atoms with Crippen molar-refractivity contribution in [2.75, 3.05) is 13.1 Å². The van der Waals surface area contributed by atoms with Crippen molar-refractivity contribution >= 4 is 11.9 Å². The van der Waals surface area contributed by atoms with Crippen LogP contribution in [0.1, 0.15) is 27.2 Å². The summed E-state index contributed by atoms with van der Waals surface area (Å²) in [5.41, 5.74) is 4.92. The summed E-state index contributed by atoms with van der Waals surface area (Å²) in [7, 11) is 0. The minimum atomic E-state index is -0.603. The Morgan fingerprint density at radius 1 is 1.21 bits per heavy atom. The molecule has 0 radical (unpaired) electrons. The Bertz CT molecular complexity index is 209. The van der Waals surface area contributed by atoms with Gasteiger partial charge in [0.1, 0.15) is 0 Å². The molecule has 0 aromatic rings. The van der Waals surface area contributed by atoms with Gasteiger partial charge in [0.15, 0.2) is 0 Å². The summed E-state index contributed by atoms with van der Waals surface area (Å²) in [4.78, 5) is 21.4. The van der Waals surface area contributed by atoms with Crippen molar-refractivity contribution in [2.24, 2.45) is 11.1 Å². The van der Waals surface area contributed by atoms with Crippen molar-refractivity contribution < 1.29 is 9.59 Å². The molecule has 4 N–H and O–H groups in total. The fraction of sp³-hybridized carbons (Fsp3) is 0.778. The first-order valence-corrected chi connectivity index (χ1v) is 4.61. The Hall–Kier alpha value is -1.26. The second kappa shape index (κ2) is 5.47. The van der Waals surface area contributed by atoms with Gasteiger partial charge in [0, 0.05) is 19.5 Å². The average Bonchev–Trinajstić information content (AvgIpc) is 1.99. The molecule has 3 amide bonds. The minimum absolute atomic E-state index is 0.0753. The summed E-state index contributed by atoms with van der Waals surface area (Å²) in [6, 6.07) is -0.603. The van der Waals surface area contributed by atoms with Gasteiger partial charge in [-0.15, -0.1) is 0 Å². The molecule has 0 aliphatic heterocycles. The van der Waals surface area contributed by atoms with Crippen molar-refractivity contribution in [3.63, 3.8) is 0 Å². The molecule has 0 unspecified atom stereocenters. The maximum Gasteiger partial charge on any atom is 0.312 e. The molecule has 0 atom stereocenters. The maximum absolute atomic E-state index is 11.2. The molecule has 82 valence electrons. The third-order valence-corrected chi connectivity index (χ3v) is 1.47. The molecule has 0 aliphatic carbocycles. The summed E-state index contributed by atoms with van der Waals surface area (Å²) in [5.74, 6) is -0.0753. The summed E-state index contributed by atoms with van der Waals surface area (Å²) in [6.45, 7) is 7.02. The molecule has 0 fully saturated rings. The summed E-state index contributed by atoms with van der Waals surface area (Å²) >= 11 is 0. The van der Waals surface area contributed by atoms with Crippen LogP contribution in [-0.4, -0.2) is 25.0 Å². The SMILES string of the molecule is CC(C)(C)CNC(=O)CCNC(N)=O. The van der Waals surface area contributed by atoms with E-state index in [0.717, 1.165) is 0 Å². The number of hydrogen-bond acceptors (Lipinski definition) is 2. The third-order valence-electron chi connectivity index (χ3n) is 1.47. The van der Waals surface area contributed by atoms with Gasteiger partial charge in [-0.05, 0) is 5.41 Å². The molecule has 14 heavy (non-hydrogen) atoms. The number of carbonyl (C=O) groups is 2. The van der Waals surface area contributed by atoms with Crippen LogP contribution < -0.4 is 16.4 Å². The van der Waals surface area contributed by atoms with Gasteiger partial charge in [0.2, 0.25) is 5.91 Å². The van der Waals surface area contributed by atoms with E-state index in [1.165, 1.54) is 0 Å². The molecule has 0 heterocycles. The number of nitrogens with two attached hydrogens (primary N) is 1. The topological polar surface area (TPSA) is 84.2 Å². The number of primary amides is 1. The van der Waals surface area contributed by atoms with Gasteiger partial charge in [-0.1, -0.05) is 20.8 Å². The standard InChI is InChI=1S/C9H19N3O2/c1-9(2,3)6-12-7(13)4-5-11-8(10)14/h4-6H2,1-3H3,(H,12,13)(H3,10,11,14). The van der Waals surface area contributed by atoms with Crippen LogP contribution in [0.2, 0.25) is 0 Å². The van der Waals surface area contributed by atoms with Gasteiger partial charge < -0.3 is 16.4 Å². The largest absolute Gasteiger partial charge is 0.356 e. The van der Waals surface area contributed by atoms with Gasteiger partial charge in [0.25, 0.3) is 0 Å². The fourth-order valence-corrected chi connectivity index (χ4v) is 0.751. The Balaban J connectivity index is 3.52. The molecule has 0 aliphatic rings. The van der Waals surface area contributed by atoms with Crippen LogP contribution in [0.25, 0.3) is 0 Å². The predicted octanol–water partition coefficient (Wildman–Crippen LogP) is 0.207. The van der Waals surface area contributed by atoms with E-state index >= 15 is 0 Å². The highest BCUT2D eigenvalue weighted by molar-refractivity contribution is 5.77. The fourth-order valence-electron chi connectivity index (χ4n) is 0.751. The van der Waals surface area contributed by atoms with Crippen LogP contribution in [0, 0.1) is 5.41 Å². The highest BCUT2D eigenvalue weighted by Crippen LogP contribution is 2.09. The van der Waals surface area contributed by atoms with Gasteiger partial charge in [-0.2, -0.15) is 0 Å². The third kappa shape index (κ3) is 8.83. The Labute approximate surface area is 84.4 Å². The van der Waals surface area contributed by atoms with Crippen molar-refractivity contribution in [2.45, 2.75) is 27.2 Å². The molecule has 5 heteroatoms. The molecule has 0 saturated heterocycles. The van der Waals surface area contributed by atoms with Gasteiger partial charge >= 0.3 is 6.03 Å². The van der Waals surface area contributed by atoms with Crippen LogP contribution in [0.4, 0.5) is 4.79 Å². The van der Waals surface area contributed by atoms with Gasteiger partial charge in [0.05, 0.1) is 0 Å². The monoisotopic (exact) mass is 201 g/mol. The molecule has 0 aromatic carbocycles. The summed E-state index contributed by atoms with van der Waals surface area (Å²) in [5, 5.41) is 5.12. The number of hydrogen-bond donors (Lipinski definition) is 3. The van der Waals surface area contributed by atoms with E-state index in [0.29, 0.717) is 6.54 Å². The van der Waals surface area contributed by atoms with Crippen molar-refractivity contribution in [3.8, 4) is 0 Å². The molecule has 0 rings (SSSR count). The van der Waals surface area contributed by atoms with E-state index in [2.05, 4.69) is 10.6 Å². The first kappa shape index (κ1) is 12.7. The molecule has 5 nitrogen and oxygen atoms in total. The van der Waals surface area contributed by atoms with Crippen LogP contribution in [-0.2, 0) is 4.79 Å². The number of carbonyl (C=O) groups excluding carboxylic acids is 2. The van der Waals surface area contributed by atoms with E-state index in [1.54, 1.807) is 0 Å². The lowest BCUT2D eigenvalue weighted by Gasteiger charge is -2.18. The number of rotatable bonds is 4. The lowest BCUT2D eigenvalue weighted by Crippen LogP contribution is -2.36. The maximum atomic E-state index is 11.2. The highest BCUT2D eigenvalue weighted by atomic mass is 16.2. The van der Waals surface area contributed by atoms with Crippen LogP contribution in [0.15, 0.2) is 0 Å². The second-order valence-electron chi connectivity index (χ2n) is 4.38. The van der Waals surface area contributed by atoms with Gasteiger partial charge in [-0.3, -0.25) is 4.79 Å². The molecule has 0 aromatic heterocycles. The second-order valence-corrected chi connectivity index (χ2v) is 4.38. The number of urea groups is 1. The van der Waals surface area contributed by atoms with Crippen LogP contribution >= 0.6 is 0 Å². The number of nitrogens with one attached hydrogen (secondary N) is 2. The first-order valence-electron chi connectivity index (χ1n) is 4.61. The molecular formula is C9H19N3O2. The van der Waals surface area contributed by atoms with Crippen molar-refractivity contribution in [1.82, 2.24) is 10.6 Å². The first-order chi connectivity index (χ1) is 6.31. The van der Waals surface area contributed by atoms with Crippen molar-refractivity contribution in [3.05, 3.63) is 0 Å². The normalized spacial score (nSPS) is 10.8.